The first-order chi connectivity index (χ1) is 8.47. The van der Waals surface area contributed by atoms with Crippen LogP contribution < -0.4 is 5.32 Å². The quantitative estimate of drug-likeness (QED) is 0.761. The second-order valence-electron chi connectivity index (χ2n) is 3.94. The Kier molecular flexibility index (Phi) is 4.65. The Bertz CT molecular complexity index is 477. The number of carboxylic acid groups (broad SMARTS) is 1. The van der Waals surface area contributed by atoms with Gasteiger partial charge >= 0.3 is 5.97 Å². The van der Waals surface area contributed by atoms with Crippen molar-refractivity contribution in [1.29, 1.82) is 0 Å². The highest BCUT2D eigenvalue weighted by atomic mass is 16.4. The van der Waals surface area contributed by atoms with E-state index in [1.165, 1.54) is 6.20 Å². The van der Waals surface area contributed by atoms with Crippen molar-refractivity contribution < 1.29 is 14.7 Å². The Morgan fingerprint density at radius 3 is 2.72 bits per heavy atom. The molecule has 1 aromatic rings. The van der Waals surface area contributed by atoms with Crippen LogP contribution in [0.2, 0.25) is 0 Å². The number of hydrogen-bond acceptors (Lipinski definition) is 3. The highest BCUT2D eigenvalue weighted by Gasteiger charge is 2.21. The summed E-state index contributed by atoms with van der Waals surface area (Å²) in [5.74, 6) is -1.47. The lowest BCUT2D eigenvalue weighted by atomic mass is 10.1. The molecule has 0 fully saturated rings. The molecule has 0 aliphatic carbocycles. The summed E-state index contributed by atoms with van der Waals surface area (Å²) in [4.78, 5) is 22.9. The van der Waals surface area contributed by atoms with Gasteiger partial charge in [0.15, 0.2) is 0 Å². The Balaban J connectivity index is 2.78. The highest BCUT2D eigenvalue weighted by Crippen LogP contribution is 2.06. The van der Waals surface area contributed by atoms with Gasteiger partial charge in [-0.25, -0.2) is 4.79 Å². The van der Waals surface area contributed by atoms with Crippen LogP contribution in [0, 0.1) is 6.92 Å². The van der Waals surface area contributed by atoms with E-state index in [0.29, 0.717) is 11.3 Å². The van der Waals surface area contributed by atoms with Crippen molar-refractivity contribution in [1.82, 2.24) is 15.1 Å². The van der Waals surface area contributed by atoms with Crippen LogP contribution in [0.15, 0.2) is 18.3 Å². The Hall–Kier alpha value is -2.11. The van der Waals surface area contributed by atoms with Gasteiger partial charge in [-0.3, -0.25) is 9.48 Å². The van der Waals surface area contributed by atoms with Crippen molar-refractivity contribution in [3.05, 3.63) is 29.6 Å². The maximum absolute atomic E-state index is 11.9. The summed E-state index contributed by atoms with van der Waals surface area (Å²) < 4.78 is 1.57. The molecular weight excluding hydrogens is 234 g/mol. The first kappa shape index (κ1) is 14.0. The average molecular weight is 251 g/mol. The van der Waals surface area contributed by atoms with E-state index in [4.69, 9.17) is 5.11 Å². The van der Waals surface area contributed by atoms with Gasteiger partial charge < -0.3 is 10.4 Å². The van der Waals surface area contributed by atoms with Crippen molar-refractivity contribution in [3.63, 3.8) is 0 Å². The van der Waals surface area contributed by atoms with Gasteiger partial charge in [-0.15, -0.1) is 0 Å². The van der Waals surface area contributed by atoms with E-state index >= 15 is 0 Å². The third-order valence-corrected chi connectivity index (χ3v) is 2.69. The van der Waals surface area contributed by atoms with Crippen LogP contribution in [0.4, 0.5) is 0 Å². The van der Waals surface area contributed by atoms with Crippen LogP contribution >= 0.6 is 0 Å². The molecule has 1 heterocycles. The van der Waals surface area contributed by atoms with E-state index in [1.54, 1.807) is 37.7 Å². The molecule has 1 atom stereocenters. The second-order valence-corrected chi connectivity index (χ2v) is 3.94. The lowest BCUT2D eigenvalue weighted by Gasteiger charge is -2.12. The second kappa shape index (κ2) is 6.00. The molecule has 98 valence electrons. The molecular formula is C12H17N3O3. The van der Waals surface area contributed by atoms with Crippen molar-refractivity contribution >= 4 is 11.9 Å². The van der Waals surface area contributed by atoms with E-state index < -0.39 is 17.9 Å². The lowest BCUT2D eigenvalue weighted by Crippen LogP contribution is -2.40. The molecule has 0 saturated carbocycles. The summed E-state index contributed by atoms with van der Waals surface area (Å²) >= 11 is 0. The smallest absolute Gasteiger partial charge is 0.326 e. The summed E-state index contributed by atoms with van der Waals surface area (Å²) in [6.07, 6.45) is 5.14. The first-order valence-corrected chi connectivity index (χ1v) is 5.60. The maximum atomic E-state index is 11.9. The molecule has 18 heavy (non-hydrogen) atoms. The molecule has 1 amide bonds. The van der Waals surface area contributed by atoms with Gasteiger partial charge in [-0.05, 0) is 20.3 Å². The standard InChI is InChI=1S/C12H17N3O3/c1-4-5-6-10(12(17)18)14-11(16)9-7-13-15(3)8(9)2/h4-5,7,10H,6H2,1-3H3,(H,14,16)(H,17,18)/b5-4+. The number of hydrogen-bond donors (Lipinski definition) is 2. The predicted molar refractivity (Wildman–Crippen MR) is 66.3 cm³/mol. The fourth-order valence-electron chi connectivity index (χ4n) is 1.45. The predicted octanol–water partition coefficient (Wildman–Crippen LogP) is 0.878. The molecule has 0 aliphatic rings. The molecule has 0 saturated heterocycles. The number of nitrogens with one attached hydrogen (secondary N) is 1. The van der Waals surface area contributed by atoms with Crippen LogP contribution in [-0.4, -0.2) is 32.8 Å². The molecule has 0 radical (unpaired) electrons. The zero-order valence-corrected chi connectivity index (χ0v) is 10.7. The number of aromatic nitrogens is 2. The highest BCUT2D eigenvalue weighted by molar-refractivity contribution is 5.97. The van der Waals surface area contributed by atoms with Crippen molar-refractivity contribution in [2.75, 3.05) is 0 Å². The number of allylic oxidation sites excluding steroid dienone is 1. The van der Waals surface area contributed by atoms with E-state index in [2.05, 4.69) is 10.4 Å². The number of aliphatic carboxylic acids is 1. The third kappa shape index (κ3) is 3.19. The summed E-state index contributed by atoms with van der Waals surface area (Å²) in [6, 6.07) is -0.923. The molecule has 1 rings (SSSR count). The number of nitrogens with zero attached hydrogens (tertiary/aromatic N) is 2. The van der Waals surface area contributed by atoms with Crippen LogP contribution in [0.25, 0.3) is 0 Å². The minimum atomic E-state index is -1.05. The van der Waals surface area contributed by atoms with Crippen LogP contribution in [0.3, 0.4) is 0 Å². The molecule has 6 heteroatoms. The van der Waals surface area contributed by atoms with Crippen LogP contribution in [-0.2, 0) is 11.8 Å². The molecule has 1 aromatic heterocycles. The Morgan fingerprint density at radius 1 is 1.61 bits per heavy atom. The Labute approximate surface area is 105 Å². The number of carbonyl (C=O) groups excluding carboxylic acids is 1. The van der Waals surface area contributed by atoms with E-state index in [1.807, 2.05) is 0 Å². The average Bonchev–Trinajstić information content (AvgIpc) is 2.65. The van der Waals surface area contributed by atoms with Gasteiger partial charge in [0.05, 0.1) is 11.8 Å². The van der Waals surface area contributed by atoms with Gasteiger partial charge in [0, 0.05) is 12.7 Å². The van der Waals surface area contributed by atoms with E-state index in [-0.39, 0.29) is 6.42 Å². The summed E-state index contributed by atoms with van der Waals surface area (Å²) in [7, 11) is 1.72. The largest absolute Gasteiger partial charge is 0.480 e. The zero-order valence-electron chi connectivity index (χ0n) is 10.7. The number of carbonyl (C=O) groups is 2. The minimum absolute atomic E-state index is 0.261. The normalized spacial score (nSPS) is 12.6. The fraction of sp³-hybridized carbons (Fsp3) is 0.417. The van der Waals surface area contributed by atoms with Gasteiger partial charge in [0.2, 0.25) is 0 Å². The van der Waals surface area contributed by atoms with E-state index in [9.17, 15) is 9.59 Å². The number of rotatable bonds is 5. The van der Waals surface area contributed by atoms with Crippen LogP contribution in [0.5, 0.6) is 0 Å². The third-order valence-electron chi connectivity index (χ3n) is 2.69. The van der Waals surface area contributed by atoms with Gasteiger partial charge in [-0.2, -0.15) is 5.10 Å². The van der Waals surface area contributed by atoms with Gasteiger partial charge in [0.1, 0.15) is 6.04 Å². The number of carboxylic acids is 1. The molecule has 0 aromatic carbocycles. The topological polar surface area (TPSA) is 84.2 Å². The van der Waals surface area contributed by atoms with Crippen molar-refractivity contribution in [2.24, 2.45) is 7.05 Å². The first-order valence-electron chi connectivity index (χ1n) is 5.60. The summed E-state index contributed by atoms with van der Waals surface area (Å²) in [5.41, 5.74) is 1.09. The van der Waals surface area contributed by atoms with Gasteiger partial charge in [-0.1, -0.05) is 12.2 Å². The lowest BCUT2D eigenvalue weighted by molar-refractivity contribution is -0.139. The van der Waals surface area contributed by atoms with Crippen molar-refractivity contribution in [3.8, 4) is 0 Å². The molecule has 2 N–H and O–H groups in total. The molecule has 6 nitrogen and oxygen atoms in total. The SMILES string of the molecule is C/C=C/CC(NC(=O)c1cnn(C)c1C)C(=O)O. The monoisotopic (exact) mass is 251 g/mol. The van der Waals surface area contributed by atoms with E-state index in [0.717, 1.165) is 0 Å². The molecule has 0 aliphatic heterocycles. The zero-order chi connectivity index (χ0) is 13.7. The maximum Gasteiger partial charge on any atom is 0.326 e. The molecule has 1 unspecified atom stereocenters. The van der Waals surface area contributed by atoms with Gasteiger partial charge in [0.25, 0.3) is 5.91 Å². The van der Waals surface area contributed by atoms with Crippen molar-refractivity contribution in [2.45, 2.75) is 26.3 Å². The minimum Gasteiger partial charge on any atom is -0.480 e. The summed E-state index contributed by atoms with van der Waals surface area (Å²) in [5, 5.41) is 15.4. The number of amides is 1. The molecule has 0 spiro atoms. The van der Waals surface area contributed by atoms with Crippen LogP contribution in [0.1, 0.15) is 29.4 Å². The Morgan fingerprint density at radius 2 is 2.28 bits per heavy atom. The number of aryl methyl sites for hydroxylation is 1. The molecule has 0 bridgehead atoms. The fourth-order valence-corrected chi connectivity index (χ4v) is 1.45. The summed E-state index contributed by atoms with van der Waals surface area (Å²) in [6.45, 7) is 3.55.